The first-order valence-corrected chi connectivity index (χ1v) is 4.75. The maximum atomic E-state index is 13.4. The van der Waals surface area contributed by atoms with Crippen molar-refractivity contribution in [2.24, 2.45) is 11.7 Å². The zero-order chi connectivity index (χ0) is 11.6. The molecule has 15 heavy (non-hydrogen) atoms. The first-order valence-electron chi connectivity index (χ1n) is 4.37. The molecule has 0 radical (unpaired) electrons. The predicted octanol–water partition coefficient (Wildman–Crippen LogP) is 2.20. The summed E-state index contributed by atoms with van der Waals surface area (Å²) in [5.41, 5.74) is 5.69. The molecule has 0 saturated heterocycles. The fourth-order valence-electron chi connectivity index (χ4n) is 1.23. The molecule has 1 rings (SSSR count). The minimum atomic E-state index is -1.08. The standard InChI is InChI=1S/C10H11ClFNO2/c1-5(10(14)15)9(13)8-6(11)3-2-4-7(8)12/h2-5,9H,13H2,1H3,(H,14,15). The van der Waals surface area contributed by atoms with E-state index in [4.69, 9.17) is 22.4 Å². The summed E-state index contributed by atoms with van der Waals surface area (Å²) in [5.74, 6) is -2.55. The van der Waals surface area contributed by atoms with Crippen molar-refractivity contribution in [3.8, 4) is 0 Å². The summed E-state index contributed by atoms with van der Waals surface area (Å²) < 4.78 is 13.4. The van der Waals surface area contributed by atoms with Gasteiger partial charge in [-0.1, -0.05) is 24.6 Å². The Hall–Kier alpha value is -1.13. The van der Waals surface area contributed by atoms with Crippen LogP contribution in [0.1, 0.15) is 18.5 Å². The highest BCUT2D eigenvalue weighted by Crippen LogP contribution is 2.28. The van der Waals surface area contributed by atoms with E-state index in [2.05, 4.69) is 0 Å². The fourth-order valence-corrected chi connectivity index (χ4v) is 1.52. The van der Waals surface area contributed by atoms with Gasteiger partial charge in [-0.2, -0.15) is 0 Å². The zero-order valence-electron chi connectivity index (χ0n) is 8.08. The maximum Gasteiger partial charge on any atom is 0.308 e. The van der Waals surface area contributed by atoms with Crippen LogP contribution in [0.3, 0.4) is 0 Å². The summed E-state index contributed by atoms with van der Waals surface area (Å²) in [5, 5.41) is 8.90. The Morgan fingerprint density at radius 3 is 2.67 bits per heavy atom. The molecule has 0 fully saturated rings. The van der Waals surface area contributed by atoms with E-state index in [1.807, 2.05) is 0 Å². The molecule has 0 saturated carbocycles. The lowest BCUT2D eigenvalue weighted by Gasteiger charge is -2.18. The molecule has 1 aromatic carbocycles. The van der Waals surface area contributed by atoms with Gasteiger partial charge in [0.15, 0.2) is 0 Å². The van der Waals surface area contributed by atoms with E-state index in [9.17, 15) is 9.18 Å². The number of hydrogen-bond acceptors (Lipinski definition) is 2. The zero-order valence-corrected chi connectivity index (χ0v) is 8.83. The van der Waals surface area contributed by atoms with Crippen LogP contribution in [0.4, 0.5) is 4.39 Å². The lowest BCUT2D eigenvalue weighted by Crippen LogP contribution is -2.26. The first kappa shape index (κ1) is 11.9. The number of halogens is 2. The lowest BCUT2D eigenvalue weighted by molar-refractivity contribution is -0.141. The molecule has 0 heterocycles. The molecule has 0 aliphatic rings. The van der Waals surface area contributed by atoms with Crippen molar-refractivity contribution >= 4 is 17.6 Å². The molecular formula is C10H11ClFNO2. The van der Waals surface area contributed by atoms with E-state index >= 15 is 0 Å². The highest BCUT2D eigenvalue weighted by Gasteiger charge is 2.25. The van der Waals surface area contributed by atoms with Crippen LogP contribution in [0.5, 0.6) is 0 Å². The average Bonchev–Trinajstić information content (AvgIpc) is 2.15. The topological polar surface area (TPSA) is 63.3 Å². The molecule has 0 amide bonds. The predicted molar refractivity (Wildman–Crippen MR) is 55.1 cm³/mol. The molecule has 0 aromatic heterocycles. The number of nitrogens with two attached hydrogens (primary N) is 1. The molecule has 2 unspecified atom stereocenters. The van der Waals surface area contributed by atoms with Crippen molar-refractivity contribution < 1.29 is 14.3 Å². The molecule has 0 aliphatic heterocycles. The van der Waals surface area contributed by atoms with Gasteiger partial charge in [-0.05, 0) is 12.1 Å². The molecule has 0 spiro atoms. The third kappa shape index (κ3) is 2.46. The Labute approximate surface area is 91.7 Å². The van der Waals surface area contributed by atoms with Crippen LogP contribution in [0.2, 0.25) is 5.02 Å². The van der Waals surface area contributed by atoms with Crippen LogP contribution in [0.15, 0.2) is 18.2 Å². The molecule has 82 valence electrons. The Bertz CT molecular complexity index is 363. The summed E-state index contributed by atoms with van der Waals surface area (Å²) in [4.78, 5) is 10.7. The number of benzene rings is 1. The minimum absolute atomic E-state index is 0.0501. The summed E-state index contributed by atoms with van der Waals surface area (Å²) in [7, 11) is 0. The van der Waals surface area contributed by atoms with Crippen molar-refractivity contribution in [3.05, 3.63) is 34.6 Å². The number of hydrogen-bond donors (Lipinski definition) is 2. The number of carbonyl (C=O) groups is 1. The summed E-state index contributed by atoms with van der Waals surface area (Å²) in [6.07, 6.45) is 0. The van der Waals surface area contributed by atoms with Crippen LogP contribution in [-0.2, 0) is 4.79 Å². The van der Waals surface area contributed by atoms with Gasteiger partial charge < -0.3 is 10.8 Å². The van der Waals surface area contributed by atoms with Crippen molar-refractivity contribution in [2.75, 3.05) is 0 Å². The van der Waals surface area contributed by atoms with Crippen LogP contribution >= 0.6 is 11.6 Å². The third-order valence-corrected chi connectivity index (χ3v) is 2.59. The van der Waals surface area contributed by atoms with Gasteiger partial charge in [0.1, 0.15) is 5.82 Å². The van der Waals surface area contributed by atoms with E-state index in [1.54, 1.807) is 0 Å². The molecule has 3 nitrogen and oxygen atoms in total. The molecule has 0 aliphatic carbocycles. The summed E-state index contributed by atoms with van der Waals surface area (Å²) in [6, 6.07) is 3.18. The molecule has 1 aromatic rings. The van der Waals surface area contributed by atoms with Crippen LogP contribution in [0, 0.1) is 11.7 Å². The third-order valence-electron chi connectivity index (χ3n) is 2.26. The quantitative estimate of drug-likeness (QED) is 0.838. The van der Waals surface area contributed by atoms with Crippen molar-refractivity contribution in [2.45, 2.75) is 13.0 Å². The molecule has 2 atom stereocenters. The first-order chi connectivity index (χ1) is 6.95. The minimum Gasteiger partial charge on any atom is -0.481 e. The lowest BCUT2D eigenvalue weighted by atomic mass is 9.95. The molecule has 0 bridgehead atoms. The number of carboxylic acids is 1. The second kappa shape index (κ2) is 4.59. The van der Waals surface area contributed by atoms with Crippen molar-refractivity contribution in [1.82, 2.24) is 0 Å². The Morgan fingerprint density at radius 2 is 2.20 bits per heavy atom. The van der Waals surface area contributed by atoms with Gasteiger partial charge in [0.05, 0.1) is 5.92 Å². The number of rotatable bonds is 3. The summed E-state index contributed by atoms with van der Waals surface area (Å²) >= 11 is 5.76. The molecule has 3 N–H and O–H groups in total. The number of carboxylic acid groups (broad SMARTS) is 1. The number of aliphatic carboxylic acids is 1. The summed E-state index contributed by atoms with van der Waals surface area (Å²) in [6.45, 7) is 1.41. The van der Waals surface area contributed by atoms with Crippen molar-refractivity contribution in [3.63, 3.8) is 0 Å². The van der Waals surface area contributed by atoms with E-state index in [0.29, 0.717) is 0 Å². The van der Waals surface area contributed by atoms with Gasteiger partial charge in [-0.3, -0.25) is 4.79 Å². The highest BCUT2D eigenvalue weighted by atomic mass is 35.5. The van der Waals surface area contributed by atoms with Crippen LogP contribution in [-0.4, -0.2) is 11.1 Å². The Kier molecular flexibility index (Phi) is 3.66. The van der Waals surface area contributed by atoms with E-state index < -0.39 is 23.7 Å². The van der Waals surface area contributed by atoms with E-state index in [0.717, 1.165) is 0 Å². The van der Waals surface area contributed by atoms with Crippen LogP contribution in [0.25, 0.3) is 0 Å². The fraction of sp³-hybridized carbons (Fsp3) is 0.300. The Balaban J connectivity index is 3.10. The maximum absolute atomic E-state index is 13.4. The van der Waals surface area contributed by atoms with E-state index in [-0.39, 0.29) is 10.6 Å². The molecular weight excluding hydrogens is 221 g/mol. The second-order valence-corrected chi connectivity index (χ2v) is 3.70. The van der Waals surface area contributed by atoms with E-state index in [1.165, 1.54) is 25.1 Å². The van der Waals surface area contributed by atoms with Crippen molar-refractivity contribution in [1.29, 1.82) is 0 Å². The van der Waals surface area contributed by atoms with Gasteiger partial charge in [0.2, 0.25) is 0 Å². The van der Waals surface area contributed by atoms with Gasteiger partial charge in [0, 0.05) is 16.6 Å². The second-order valence-electron chi connectivity index (χ2n) is 3.29. The van der Waals surface area contributed by atoms with Gasteiger partial charge in [-0.15, -0.1) is 0 Å². The van der Waals surface area contributed by atoms with Crippen LogP contribution < -0.4 is 5.73 Å². The smallest absolute Gasteiger partial charge is 0.308 e. The monoisotopic (exact) mass is 231 g/mol. The largest absolute Gasteiger partial charge is 0.481 e. The van der Waals surface area contributed by atoms with Gasteiger partial charge in [-0.25, -0.2) is 4.39 Å². The highest BCUT2D eigenvalue weighted by molar-refractivity contribution is 6.31. The normalized spacial score (nSPS) is 14.7. The SMILES string of the molecule is CC(C(=O)O)C(N)c1c(F)cccc1Cl. The average molecular weight is 232 g/mol. The van der Waals surface area contributed by atoms with Gasteiger partial charge >= 0.3 is 5.97 Å². The van der Waals surface area contributed by atoms with Gasteiger partial charge in [0.25, 0.3) is 0 Å². The Morgan fingerprint density at radius 1 is 1.60 bits per heavy atom. The molecule has 5 heteroatoms.